The van der Waals surface area contributed by atoms with Crippen molar-refractivity contribution >= 4 is 27.7 Å². The summed E-state index contributed by atoms with van der Waals surface area (Å²) >= 11 is 3.27. The van der Waals surface area contributed by atoms with Gasteiger partial charge in [-0.2, -0.15) is 0 Å². The molecule has 0 aliphatic heterocycles. The topological polar surface area (TPSA) is 54.4 Å². The number of hydrogen-bond donors (Lipinski definition) is 1. The number of halogens is 1. The van der Waals surface area contributed by atoms with Crippen LogP contribution in [0.2, 0.25) is 0 Å². The Bertz CT molecular complexity index is 399. The lowest BCUT2D eigenvalue weighted by Crippen LogP contribution is -2.03. The fourth-order valence-electron chi connectivity index (χ4n) is 1.26. The van der Waals surface area contributed by atoms with Gasteiger partial charge in [-0.25, -0.2) is 0 Å². The largest absolute Gasteiger partial charge is 0.481 e. The first-order chi connectivity index (χ1) is 7.04. The minimum atomic E-state index is -0.896. The summed E-state index contributed by atoms with van der Waals surface area (Å²) in [6.45, 7) is 1.78. The summed E-state index contributed by atoms with van der Waals surface area (Å²) in [6, 6.07) is 5.04. The van der Waals surface area contributed by atoms with Crippen molar-refractivity contribution in [1.29, 1.82) is 0 Å². The predicted octanol–water partition coefficient (Wildman–Crippen LogP) is 2.67. The van der Waals surface area contributed by atoms with Crippen LogP contribution in [-0.2, 0) is 11.2 Å². The van der Waals surface area contributed by atoms with Crippen molar-refractivity contribution in [2.45, 2.75) is 19.8 Å². The molecule has 0 spiro atoms. The van der Waals surface area contributed by atoms with E-state index in [4.69, 9.17) is 5.11 Å². The Morgan fingerprint density at radius 2 is 2.07 bits per heavy atom. The van der Waals surface area contributed by atoms with E-state index in [1.807, 2.05) is 0 Å². The van der Waals surface area contributed by atoms with E-state index in [0.29, 0.717) is 22.0 Å². The van der Waals surface area contributed by atoms with Crippen LogP contribution in [0, 0.1) is 0 Å². The van der Waals surface area contributed by atoms with Gasteiger partial charge < -0.3 is 5.11 Å². The van der Waals surface area contributed by atoms with Gasteiger partial charge in [0.1, 0.15) is 0 Å². The minimum Gasteiger partial charge on any atom is -0.481 e. The Morgan fingerprint density at radius 3 is 2.60 bits per heavy atom. The molecule has 0 aliphatic carbocycles. The van der Waals surface area contributed by atoms with Crippen LogP contribution in [-0.4, -0.2) is 16.9 Å². The summed E-state index contributed by atoms with van der Waals surface area (Å²) in [5.41, 5.74) is 1.19. The molecule has 1 aromatic rings. The molecule has 0 aromatic heterocycles. The van der Waals surface area contributed by atoms with Gasteiger partial charge in [-0.15, -0.1) is 0 Å². The number of hydrogen-bond acceptors (Lipinski definition) is 2. The SMILES string of the molecule is CCC(=O)c1cc(CC(=O)O)ccc1Br. The number of carboxylic acid groups (broad SMARTS) is 1. The van der Waals surface area contributed by atoms with Crippen molar-refractivity contribution < 1.29 is 14.7 Å². The number of carbonyl (C=O) groups is 2. The normalized spacial score (nSPS) is 10.0. The first kappa shape index (κ1) is 11.9. The van der Waals surface area contributed by atoms with Crippen molar-refractivity contribution in [3.05, 3.63) is 33.8 Å². The second-order valence-corrected chi connectivity index (χ2v) is 4.02. The molecule has 0 unspecified atom stereocenters. The number of aliphatic carboxylic acids is 1. The molecular formula is C11H11BrO3. The minimum absolute atomic E-state index is 0.00844. The number of benzene rings is 1. The summed E-state index contributed by atoms with van der Waals surface area (Å²) in [4.78, 5) is 22.0. The molecule has 0 bridgehead atoms. The number of ketones is 1. The molecule has 15 heavy (non-hydrogen) atoms. The first-order valence-corrected chi connectivity index (χ1v) is 5.37. The van der Waals surface area contributed by atoms with E-state index in [1.54, 1.807) is 25.1 Å². The quantitative estimate of drug-likeness (QED) is 0.856. The Kier molecular flexibility index (Phi) is 4.03. The molecule has 0 radical (unpaired) electrons. The van der Waals surface area contributed by atoms with Crippen LogP contribution in [0.3, 0.4) is 0 Å². The van der Waals surface area contributed by atoms with Crippen molar-refractivity contribution in [1.82, 2.24) is 0 Å². The van der Waals surface area contributed by atoms with Crippen molar-refractivity contribution in [3.63, 3.8) is 0 Å². The third-order valence-electron chi connectivity index (χ3n) is 2.01. The maximum Gasteiger partial charge on any atom is 0.307 e. The highest BCUT2D eigenvalue weighted by Gasteiger charge is 2.10. The van der Waals surface area contributed by atoms with Crippen LogP contribution in [0.15, 0.2) is 22.7 Å². The van der Waals surface area contributed by atoms with E-state index in [1.165, 1.54) is 0 Å². The highest BCUT2D eigenvalue weighted by Crippen LogP contribution is 2.20. The van der Waals surface area contributed by atoms with Crippen LogP contribution in [0.25, 0.3) is 0 Å². The molecule has 0 fully saturated rings. The van der Waals surface area contributed by atoms with Gasteiger partial charge in [0.2, 0.25) is 0 Å². The van der Waals surface area contributed by atoms with E-state index in [2.05, 4.69) is 15.9 Å². The van der Waals surface area contributed by atoms with Gasteiger partial charge in [0, 0.05) is 16.5 Å². The van der Waals surface area contributed by atoms with Crippen LogP contribution in [0.1, 0.15) is 29.3 Å². The Balaban J connectivity index is 3.05. The van der Waals surface area contributed by atoms with Gasteiger partial charge in [-0.3, -0.25) is 9.59 Å². The second kappa shape index (κ2) is 5.07. The zero-order valence-electron chi connectivity index (χ0n) is 8.29. The molecule has 0 saturated heterocycles. The zero-order valence-corrected chi connectivity index (χ0v) is 9.87. The van der Waals surface area contributed by atoms with Crippen molar-refractivity contribution in [2.75, 3.05) is 0 Å². The lowest BCUT2D eigenvalue weighted by Gasteiger charge is -2.04. The van der Waals surface area contributed by atoms with E-state index in [-0.39, 0.29) is 12.2 Å². The lowest BCUT2D eigenvalue weighted by atomic mass is 10.0. The Hall–Kier alpha value is -1.16. The number of carbonyl (C=O) groups excluding carboxylic acids is 1. The second-order valence-electron chi connectivity index (χ2n) is 3.16. The van der Waals surface area contributed by atoms with E-state index in [9.17, 15) is 9.59 Å². The fourth-order valence-corrected chi connectivity index (χ4v) is 1.73. The molecule has 1 rings (SSSR count). The van der Waals surface area contributed by atoms with Gasteiger partial charge >= 0.3 is 5.97 Å². The molecule has 1 N–H and O–H groups in total. The lowest BCUT2D eigenvalue weighted by molar-refractivity contribution is -0.136. The Labute approximate surface area is 96.2 Å². The average molecular weight is 271 g/mol. The third kappa shape index (κ3) is 3.16. The van der Waals surface area contributed by atoms with Crippen LogP contribution in [0.5, 0.6) is 0 Å². The molecule has 0 amide bonds. The van der Waals surface area contributed by atoms with Gasteiger partial charge in [0.15, 0.2) is 5.78 Å². The number of carboxylic acids is 1. The highest BCUT2D eigenvalue weighted by atomic mass is 79.9. The molecule has 80 valence electrons. The van der Waals surface area contributed by atoms with Crippen molar-refractivity contribution in [2.24, 2.45) is 0 Å². The maximum absolute atomic E-state index is 11.5. The summed E-state index contributed by atoms with van der Waals surface area (Å²) < 4.78 is 0.712. The number of Topliss-reactive ketones (excluding diaryl/α,β-unsaturated/α-hetero) is 1. The van der Waals surface area contributed by atoms with E-state index >= 15 is 0 Å². The summed E-state index contributed by atoms with van der Waals surface area (Å²) in [6.07, 6.45) is 0.354. The van der Waals surface area contributed by atoms with Crippen LogP contribution >= 0.6 is 15.9 Å². The monoisotopic (exact) mass is 270 g/mol. The van der Waals surface area contributed by atoms with Crippen molar-refractivity contribution in [3.8, 4) is 0 Å². The molecular weight excluding hydrogens is 260 g/mol. The Morgan fingerprint density at radius 1 is 1.40 bits per heavy atom. The standard InChI is InChI=1S/C11H11BrO3/c1-2-10(13)8-5-7(6-11(14)15)3-4-9(8)12/h3-5H,2,6H2,1H3,(H,14,15). The van der Waals surface area contributed by atoms with Crippen LogP contribution in [0.4, 0.5) is 0 Å². The highest BCUT2D eigenvalue weighted by molar-refractivity contribution is 9.10. The zero-order chi connectivity index (χ0) is 11.4. The average Bonchev–Trinajstić information content (AvgIpc) is 2.19. The molecule has 0 atom stereocenters. The summed E-state index contributed by atoms with van der Waals surface area (Å²) in [5.74, 6) is -0.888. The van der Waals surface area contributed by atoms with Gasteiger partial charge in [0.25, 0.3) is 0 Å². The van der Waals surface area contributed by atoms with Gasteiger partial charge in [-0.1, -0.05) is 28.9 Å². The smallest absolute Gasteiger partial charge is 0.307 e. The molecule has 0 heterocycles. The van der Waals surface area contributed by atoms with Crippen LogP contribution < -0.4 is 0 Å². The predicted molar refractivity (Wildman–Crippen MR) is 60.1 cm³/mol. The molecule has 0 aliphatic rings. The van der Waals surface area contributed by atoms with E-state index in [0.717, 1.165) is 0 Å². The first-order valence-electron chi connectivity index (χ1n) is 4.58. The molecule has 0 saturated carbocycles. The molecule has 4 heteroatoms. The number of rotatable bonds is 4. The fraction of sp³-hybridized carbons (Fsp3) is 0.273. The van der Waals surface area contributed by atoms with Gasteiger partial charge in [-0.05, 0) is 17.7 Å². The van der Waals surface area contributed by atoms with E-state index < -0.39 is 5.97 Å². The molecule has 3 nitrogen and oxygen atoms in total. The van der Waals surface area contributed by atoms with Gasteiger partial charge in [0.05, 0.1) is 6.42 Å². The summed E-state index contributed by atoms with van der Waals surface area (Å²) in [7, 11) is 0. The third-order valence-corrected chi connectivity index (χ3v) is 2.70. The summed E-state index contributed by atoms with van der Waals surface area (Å²) in [5, 5.41) is 8.63. The molecule has 1 aromatic carbocycles. The maximum atomic E-state index is 11.5.